The summed E-state index contributed by atoms with van der Waals surface area (Å²) >= 11 is 0. The molecule has 22 heavy (non-hydrogen) atoms. The third kappa shape index (κ3) is 3.07. The molecule has 0 fully saturated rings. The van der Waals surface area contributed by atoms with Gasteiger partial charge in [-0.1, -0.05) is 42.5 Å². The molecule has 0 saturated heterocycles. The number of hydrazone groups is 1. The number of hydrogen-bond donors (Lipinski definition) is 1. The molecule has 0 saturated carbocycles. The summed E-state index contributed by atoms with van der Waals surface area (Å²) in [6.07, 6.45) is 2.04. The topological polar surface area (TPSA) is 58.7 Å². The Kier molecular flexibility index (Phi) is 4.30. The van der Waals surface area contributed by atoms with Gasteiger partial charge in [0.1, 0.15) is 0 Å². The molecule has 0 radical (unpaired) electrons. The molecule has 2 aromatic carbocycles. The smallest absolute Gasteiger partial charge is 0.247 e. The first-order valence-corrected chi connectivity index (χ1v) is 7.53. The molecule has 1 amide bonds. The number of carbonyl (C=O) groups excluding carboxylic acids is 1. The second kappa shape index (κ2) is 6.54. The summed E-state index contributed by atoms with van der Waals surface area (Å²) in [5.74, 6) is 0.0368. The van der Waals surface area contributed by atoms with E-state index in [9.17, 15) is 4.79 Å². The van der Waals surface area contributed by atoms with Crippen LogP contribution in [0.5, 0.6) is 0 Å². The first-order valence-electron chi connectivity index (χ1n) is 7.53. The molecule has 1 aliphatic heterocycles. The molecule has 2 aromatic rings. The number of anilines is 1. The van der Waals surface area contributed by atoms with Crippen LogP contribution in [0.2, 0.25) is 0 Å². The van der Waals surface area contributed by atoms with E-state index in [1.54, 1.807) is 0 Å². The van der Waals surface area contributed by atoms with Gasteiger partial charge < -0.3 is 5.73 Å². The maximum Gasteiger partial charge on any atom is 0.247 e. The lowest BCUT2D eigenvalue weighted by Crippen LogP contribution is -2.31. The minimum absolute atomic E-state index is 0.0368. The lowest BCUT2D eigenvalue weighted by Gasteiger charge is -2.23. The minimum Gasteiger partial charge on any atom is -0.330 e. The van der Waals surface area contributed by atoms with Gasteiger partial charge in [0.15, 0.2) is 0 Å². The van der Waals surface area contributed by atoms with Gasteiger partial charge >= 0.3 is 0 Å². The van der Waals surface area contributed by atoms with Crippen LogP contribution in [0.1, 0.15) is 24.0 Å². The molecule has 0 spiro atoms. The van der Waals surface area contributed by atoms with E-state index in [2.05, 4.69) is 29.4 Å². The molecular formula is C18H19N3O. The van der Waals surface area contributed by atoms with Gasteiger partial charge in [-0.15, -0.1) is 0 Å². The zero-order valence-corrected chi connectivity index (χ0v) is 12.4. The minimum atomic E-state index is 0.0368. The number of nitrogens with two attached hydrogens (primary N) is 1. The SMILES string of the molecule is NCCc1ccc(C2=NN(c3ccccc3)C(=O)CC2)cc1. The quantitative estimate of drug-likeness (QED) is 0.942. The summed E-state index contributed by atoms with van der Waals surface area (Å²) in [5.41, 5.74) is 9.61. The highest BCUT2D eigenvalue weighted by Gasteiger charge is 2.22. The van der Waals surface area contributed by atoms with Gasteiger partial charge in [-0.05, 0) is 36.2 Å². The molecule has 0 unspecified atom stereocenters. The lowest BCUT2D eigenvalue weighted by molar-refractivity contribution is -0.118. The third-order valence-electron chi connectivity index (χ3n) is 3.75. The summed E-state index contributed by atoms with van der Waals surface area (Å²) in [7, 11) is 0. The summed E-state index contributed by atoms with van der Waals surface area (Å²) in [6.45, 7) is 0.649. The average Bonchev–Trinajstić information content (AvgIpc) is 2.57. The van der Waals surface area contributed by atoms with E-state index in [0.717, 1.165) is 23.4 Å². The molecule has 112 valence electrons. The monoisotopic (exact) mass is 293 g/mol. The fourth-order valence-electron chi connectivity index (χ4n) is 2.56. The molecule has 1 aliphatic rings. The Morgan fingerprint density at radius 3 is 2.41 bits per heavy atom. The van der Waals surface area contributed by atoms with E-state index in [-0.39, 0.29) is 5.91 Å². The van der Waals surface area contributed by atoms with Gasteiger partial charge in [0, 0.05) is 12.8 Å². The van der Waals surface area contributed by atoms with Crippen LogP contribution in [0.25, 0.3) is 0 Å². The second-order valence-corrected chi connectivity index (χ2v) is 5.32. The predicted octanol–water partition coefficient (Wildman–Crippen LogP) is 2.72. The van der Waals surface area contributed by atoms with Crippen molar-refractivity contribution in [3.05, 3.63) is 65.7 Å². The number of para-hydroxylation sites is 1. The van der Waals surface area contributed by atoms with E-state index in [1.807, 2.05) is 30.3 Å². The highest BCUT2D eigenvalue weighted by Crippen LogP contribution is 2.22. The van der Waals surface area contributed by atoms with Gasteiger partial charge in [-0.3, -0.25) is 4.79 Å². The number of carbonyl (C=O) groups is 1. The summed E-state index contributed by atoms with van der Waals surface area (Å²) in [6, 6.07) is 17.8. The molecule has 4 nitrogen and oxygen atoms in total. The highest BCUT2D eigenvalue weighted by molar-refractivity contribution is 6.08. The van der Waals surface area contributed by atoms with Crippen molar-refractivity contribution in [2.45, 2.75) is 19.3 Å². The highest BCUT2D eigenvalue weighted by atomic mass is 16.2. The van der Waals surface area contributed by atoms with Crippen molar-refractivity contribution in [3.8, 4) is 0 Å². The number of rotatable bonds is 4. The normalized spacial score (nSPS) is 14.9. The average molecular weight is 293 g/mol. The third-order valence-corrected chi connectivity index (χ3v) is 3.75. The zero-order chi connectivity index (χ0) is 15.4. The van der Waals surface area contributed by atoms with Crippen LogP contribution in [0.15, 0.2) is 59.7 Å². The maximum absolute atomic E-state index is 12.1. The number of hydrogen-bond acceptors (Lipinski definition) is 3. The Hall–Kier alpha value is -2.46. The molecule has 0 aromatic heterocycles. The first-order chi connectivity index (χ1) is 10.8. The van der Waals surface area contributed by atoms with Gasteiger partial charge in [0.05, 0.1) is 11.4 Å². The van der Waals surface area contributed by atoms with E-state index in [4.69, 9.17) is 5.73 Å². The van der Waals surface area contributed by atoms with Crippen molar-refractivity contribution < 1.29 is 4.79 Å². The molecular weight excluding hydrogens is 274 g/mol. The van der Waals surface area contributed by atoms with Crippen molar-refractivity contribution >= 4 is 17.3 Å². The Morgan fingerprint density at radius 2 is 1.73 bits per heavy atom. The van der Waals surface area contributed by atoms with Gasteiger partial charge in [0.2, 0.25) is 5.91 Å². The van der Waals surface area contributed by atoms with Gasteiger partial charge in [-0.2, -0.15) is 5.10 Å². The van der Waals surface area contributed by atoms with Crippen molar-refractivity contribution in [3.63, 3.8) is 0 Å². The Labute approximate surface area is 130 Å². The molecule has 2 N–H and O–H groups in total. The van der Waals surface area contributed by atoms with Gasteiger partial charge in [0.25, 0.3) is 0 Å². The number of amides is 1. The van der Waals surface area contributed by atoms with E-state index in [1.165, 1.54) is 10.6 Å². The molecule has 0 aliphatic carbocycles. The van der Waals surface area contributed by atoms with E-state index < -0.39 is 0 Å². The van der Waals surface area contributed by atoms with Gasteiger partial charge in [-0.25, -0.2) is 5.01 Å². The summed E-state index contributed by atoms with van der Waals surface area (Å²) in [5, 5.41) is 6.06. The molecule has 0 bridgehead atoms. The predicted molar refractivity (Wildman–Crippen MR) is 88.9 cm³/mol. The molecule has 4 heteroatoms. The molecule has 1 heterocycles. The van der Waals surface area contributed by atoms with Crippen LogP contribution < -0.4 is 10.7 Å². The lowest BCUT2D eigenvalue weighted by atomic mass is 10.0. The second-order valence-electron chi connectivity index (χ2n) is 5.32. The van der Waals surface area contributed by atoms with Crippen molar-refractivity contribution in [1.29, 1.82) is 0 Å². The first kappa shape index (κ1) is 14.5. The Bertz CT molecular complexity index is 677. The van der Waals surface area contributed by atoms with Crippen LogP contribution in [-0.2, 0) is 11.2 Å². The maximum atomic E-state index is 12.1. The number of benzene rings is 2. The Balaban J connectivity index is 1.88. The van der Waals surface area contributed by atoms with Crippen molar-refractivity contribution in [2.75, 3.05) is 11.6 Å². The van der Waals surface area contributed by atoms with Crippen molar-refractivity contribution in [2.24, 2.45) is 10.8 Å². The van der Waals surface area contributed by atoms with Crippen LogP contribution >= 0.6 is 0 Å². The zero-order valence-electron chi connectivity index (χ0n) is 12.4. The van der Waals surface area contributed by atoms with E-state index in [0.29, 0.717) is 19.4 Å². The Morgan fingerprint density at radius 1 is 1.00 bits per heavy atom. The molecule has 0 atom stereocenters. The van der Waals surface area contributed by atoms with Crippen LogP contribution in [-0.4, -0.2) is 18.2 Å². The fourth-order valence-corrected chi connectivity index (χ4v) is 2.56. The van der Waals surface area contributed by atoms with Crippen LogP contribution in [0.4, 0.5) is 5.69 Å². The number of nitrogens with zero attached hydrogens (tertiary/aromatic N) is 2. The van der Waals surface area contributed by atoms with Crippen molar-refractivity contribution in [1.82, 2.24) is 0 Å². The summed E-state index contributed by atoms with van der Waals surface area (Å²) < 4.78 is 0. The fraction of sp³-hybridized carbons (Fsp3) is 0.222. The largest absolute Gasteiger partial charge is 0.330 e. The van der Waals surface area contributed by atoms with E-state index >= 15 is 0 Å². The van der Waals surface area contributed by atoms with Crippen LogP contribution in [0.3, 0.4) is 0 Å². The summed E-state index contributed by atoms with van der Waals surface area (Å²) in [4.78, 5) is 12.1. The standard InChI is InChI=1S/C18H19N3O/c19-13-12-14-6-8-15(9-7-14)17-10-11-18(22)21(20-17)16-4-2-1-3-5-16/h1-9H,10-13,19H2. The van der Waals surface area contributed by atoms with Crippen LogP contribution in [0, 0.1) is 0 Å². The molecule has 3 rings (SSSR count).